The molecule has 0 spiro atoms. The van der Waals surface area contributed by atoms with Gasteiger partial charge in [-0.3, -0.25) is 4.79 Å². The first-order valence-corrected chi connectivity index (χ1v) is 7.33. The van der Waals surface area contributed by atoms with Crippen molar-refractivity contribution < 1.29 is 19.1 Å². The number of nitrogens with zero attached hydrogens (tertiary/aromatic N) is 2. The van der Waals surface area contributed by atoms with E-state index in [-0.39, 0.29) is 12.5 Å². The van der Waals surface area contributed by atoms with Crippen molar-refractivity contribution in [1.82, 2.24) is 0 Å². The molecule has 7 nitrogen and oxygen atoms in total. The molecule has 0 saturated carbocycles. The van der Waals surface area contributed by atoms with Crippen LogP contribution in [0.2, 0.25) is 0 Å². The Labute approximate surface area is 145 Å². The van der Waals surface area contributed by atoms with Gasteiger partial charge in [-0.25, -0.2) is 0 Å². The Morgan fingerprint density at radius 1 is 1.24 bits per heavy atom. The summed E-state index contributed by atoms with van der Waals surface area (Å²) in [6.07, 6.45) is 1.44. The van der Waals surface area contributed by atoms with E-state index in [2.05, 4.69) is 10.5 Å². The monoisotopic (exact) mass is 339 g/mol. The number of ether oxygens (including phenoxy) is 2. The molecule has 0 fully saturated rings. The Morgan fingerprint density at radius 2 is 2.08 bits per heavy atom. The van der Waals surface area contributed by atoms with Gasteiger partial charge in [0, 0.05) is 11.3 Å². The molecule has 0 aliphatic heterocycles. The molecule has 1 amide bonds. The fourth-order valence-electron chi connectivity index (χ4n) is 1.99. The predicted octanol–water partition coefficient (Wildman–Crippen LogP) is 2.56. The minimum Gasteiger partial charge on any atom is -0.497 e. The largest absolute Gasteiger partial charge is 0.497 e. The van der Waals surface area contributed by atoms with Crippen LogP contribution in [-0.2, 0) is 9.63 Å². The smallest absolute Gasteiger partial charge is 0.265 e. The number of oxime groups is 1. The molecule has 0 aromatic heterocycles. The van der Waals surface area contributed by atoms with Crippen molar-refractivity contribution in [3.63, 3.8) is 0 Å². The van der Waals surface area contributed by atoms with Gasteiger partial charge in [0.1, 0.15) is 11.5 Å². The molecule has 2 aromatic rings. The van der Waals surface area contributed by atoms with Crippen LogP contribution in [0.15, 0.2) is 47.6 Å². The van der Waals surface area contributed by atoms with Gasteiger partial charge in [-0.1, -0.05) is 11.2 Å². The Kier molecular flexibility index (Phi) is 6.37. The zero-order chi connectivity index (χ0) is 18.1. The van der Waals surface area contributed by atoms with Crippen molar-refractivity contribution in [2.24, 2.45) is 5.16 Å². The molecular formula is C18H17N3O4. The minimum absolute atomic E-state index is 0.264. The van der Waals surface area contributed by atoms with Gasteiger partial charge in [-0.05, 0) is 36.4 Å². The second-order valence-electron chi connectivity index (χ2n) is 4.86. The number of nitrogens with one attached hydrogen (secondary N) is 1. The normalized spacial score (nSPS) is 10.1. The first-order chi connectivity index (χ1) is 12.2. The van der Waals surface area contributed by atoms with Crippen molar-refractivity contribution in [1.29, 1.82) is 5.26 Å². The number of amides is 1. The highest BCUT2D eigenvalue weighted by Gasteiger charge is 2.05. The van der Waals surface area contributed by atoms with Crippen molar-refractivity contribution in [3.05, 3.63) is 53.6 Å². The Hall–Kier alpha value is -3.53. The zero-order valence-corrected chi connectivity index (χ0v) is 13.9. The lowest BCUT2D eigenvalue weighted by molar-refractivity contribution is -0.120. The maximum atomic E-state index is 11.8. The summed E-state index contributed by atoms with van der Waals surface area (Å²) in [5.41, 5.74) is 1.64. The molecule has 0 atom stereocenters. The second-order valence-corrected chi connectivity index (χ2v) is 4.86. The molecule has 2 rings (SSSR count). The SMILES string of the molecule is COc1ccc(OC)c(/C=N\OCC(=O)Nc2cccc(C#N)c2)c1. The first-order valence-electron chi connectivity index (χ1n) is 7.33. The number of benzene rings is 2. The molecule has 25 heavy (non-hydrogen) atoms. The van der Waals surface area contributed by atoms with E-state index >= 15 is 0 Å². The lowest BCUT2D eigenvalue weighted by Gasteiger charge is -2.07. The molecule has 128 valence electrons. The Bertz CT molecular complexity index is 812. The maximum absolute atomic E-state index is 11.8. The number of rotatable bonds is 7. The highest BCUT2D eigenvalue weighted by Crippen LogP contribution is 2.22. The van der Waals surface area contributed by atoms with Crippen LogP contribution < -0.4 is 14.8 Å². The number of anilines is 1. The van der Waals surface area contributed by atoms with Crippen LogP contribution in [0.3, 0.4) is 0 Å². The van der Waals surface area contributed by atoms with Gasteiger partial charge in [0.25, 0.3) is 5.91 Å². The van der Waals surface area contributed by atoms with E-state index in [4.69, 9.17) is 19.6 Å². The van der Waals surface area contributed by atoms with Gasteiger partial charge >= 0.3 is 0 Å². The van der Waals surface area contributed by atoms with Gasteiger partial charge in [0.05, 0.1) is 32.1 Å². The van der Waals surface area contributed by atoms with Crippen molar-refractivity contribution in [3.8, 4) is 17.6 Å². The molecule has 0 saturated heterocycles. The van der Waals surface area contributed by atoms with E-state index in [0.717, 1.165) is 0 Å². The quantitative estimate of drug-likeness (QED) is 0.618. The molecule has 1 N–H and O–H groups in total. The summed E-state index contributed by atoms with van der Waals surface area (Å²) in [5, 5.41) is 15.2. The highest BCUT2D eigenvalue weighted by atomic mass is 16.6. The van der Waals surface area contributed by atoms with Gasteiger partial charge < -0.3 is 19.6 Å². The van der Waals surface area contributed by atoms with Crippen molar-refractivity contribution >= 4 is 17.8 Å². The summed E-state index contributed by atoms with van der Waals surface area (Å²) in [6.45, 7) is -0.264. The predicted molar refractivity (Wildman–Crippen MR) is 92.9 cm³/mol. The van der Waals surface area contributed by atoms with Crippen molar-refractivity contribution in [2.45, 2.75) is 0 Å². The lowest BCUT2D eigenvalue weighted by Crippen LogP contribution is -2.17. The lowest BCUT2D eigenvalue weighted by atomic mass is 10.2. The van der Waals surface area contributed by atoms with Gasteiger partial charge in [0.15, 0.2) is 6.61 Å². The molecule has 0 unspecified atom stereocenters. The third-order valence-electron chi connectivity index (χ3n) is 3.17. The number of methoxy groups -OCH3 is 2. The van der Waals surface area contributed by atoms with Crippen LogP contribution in [0.25, 0.3) is 0 Å². The third-order valence-corrected chi connectivity index (χ3v) is 3.17. The number of carbonyl (C=O) groups excluding carboxylic acids is 1. The van der Waals surface area contributed by atoms with Crippen LogP contribution >= 0.6 is 0 Å². The number of carbonyl (C=O) groups is 1. The molecule has 0 radical (unpaired) electrons. The van der Waals surface area contributed by atoms with Gasteiger partial charge in [-0.2, -0.15) is 5.26 Å². The van der Waals surface area contributed by atoms with E-state index in [0.29, 0.717) is 28.3 Å². The average Bonchev–Trinajstić information content (AvgIpc) is 2.65. The summed E-state index contributed by atoms with van der Waals surface area (Å²) in [6, 6.07) is 13.8. The van der Waals surface area contributed by atoms with Gasteiger partial charge in [0.2, 0.25) is 0 Å². The number of hydrogen-bond donors (Lipinski definition) is 1. The van der Waals surface area contributed by atoms with Crippen LogP contribution in [0.5, 0.6) is 11.5 Å². The summed E-state index contributed by atoms with van der Waals surface area (Å²) in [4.78, 5) is 16.8. The van der Waals surface area contributed by atoms with E-state index in [1.807, 2.05) is 6.07 Å². The Balaban J connectivity index is 1.90. The topological polar surface area (TPSA) is 92.9 Å². The van der Waals surface area contributed by atoms with E-state index in [9.17, 15) is 4.79 Å². The molecular weight excluding hydrogens is 322 g/mol. The molecule has 2 aromatic carbocycles. The molecule has 7 heteroatoms. The number of nitriles is 1. The van der Waals surface area contributed by atoms with Crippen LogP contribution in [0.1, 0.15) is 11.1 Å². The fraction of sp³-hybridized carbons (Fsp3) is 0.167. The highest BCUT2D eigenvalue weighted by molar-refractivity contribution is 5.92. The van der Waals surface area contributed by atoms with E-state index in [1.54, 1.807) is 56.7 Å². The van der Waals surface area contributed by atoms with Crippen LogP contribution in [0, 0.1) is 11.3 Å². The minimum atomic E-state index is -0.384. The first kappa shape index (κ1) is 17.8. The third kappa shape index (κ3) is 5.25. The summed E-state index contributed by atoms with van der Waals surface area (Å²) in [7, 11) is 3.10. The standard InChI is InChI=1S/C18H17N3O4/c1-23-16-6-7-17(24-2)14(9-16)11-20-25-12-18(22)21-15-5-3-4-13(8-15)10-19/h3-9,11H,12H2,1-2H3,(H,21,22)/b20-11-. The summed E-state index contributed by atoms with van der Waals surface area (Å²) < 4.78 is 10.4. The van der Waals surface area contributed by atoms with Gasteiger partial charge in [-0.15, -0.1) is 0 Å². The average molecular weight is 339 g/mol. The van der Waals surface area contributed by atoms with Crippen LogP contribution in [-0.4, -0.2) is 32.9 Å². The van der Waals surface area contributed by atoms with E-state index < -0.39 is 0 Å². The molecule has 0 aliphatic rings. The Morgan fingerprint density at radius 3 is 2.80 bits per heavy atom. The second kappa shape index (κ2) is 8.93. The maximum Gasteiger partial charge on any atom is 0.265 e. The molecule has 0 bridgehead atoms. The van der Waals surface area contributed by atoms with Crippen molar-refractivity contribution in [2.75, 3.05) is 26.1 Å². The summed E-state index contributed by atoms with van der Waals surface area (Å²) in [5.74, 6) is 0.869. The molecule has 0 aliphatic carbocycles. The zero-order valence-electron chi connectivity index (χ0n) is 13.9. The van der Waals surface area contributed by atoms with E-state index in [1.165, 1.54) is 6.21 Å². The molecule has 0 heterocycles. The number of hydrogen-bond acceptors (Lipinski definition) is 6. The summed E-state index contributed by atoms with van der Waals surface area (Å²) >= 11 is 0. The fourth-order valence-corrected chi connectivity index (χ4v) is 1.99. The van der Waals surface area contributed by atoms with Crippen LogP contribution in [0.4, 0.5) is 5.69 Å².